The van der Waals surface area contributed by atoms with Crippen LogP contribution in [0, 0.1) is 6.92 Å². The van der Waals surface area contributed by atoms with E-state index in [1.54, 1.807) is 0 Å². The van der Waals surface area contributed by atoms with Crippen LogP contribution in [-0.4, -0.2) is 28.6 Å². The minimum absolute atomic E-state index is 0.523. The third-order valence-electron chi connectivity index (χ3n) is 3.03. The number of nitrogens with two attached hydrogens (primary N) is 1. The molecular weight excluding hydrogens is 238 g/mol. The lowest BCUT2D eigenvalue weighted by Crippen LogP contribution is -2.31. The number of aromatic nitrogens is 2. The Morgan fingerprint density at radius 3 is 3.00 bits per heavy atom. The highest BCUT2D eigenvalue weighted by Gasteiger charge is 2.05. The van der Waals surface area contributed by atoms with Crippen LogP contribution in [0.1, 0.15) is 19.2 Å². The summed E-state index contributed by atoms with van der Waals surface area (Å²) in [5.41, 5.74) is 7.92. The molecule has 0 atom stereocenters. The third-order valence-corrected chi connectivity index (χ3v) is 3.03. The van der Waals surface area contributed by atoms with E-state index in [4.69, 9.17) is 5.73 Å². The largest absolute Gasteiger partial charge is 0.370 e. The number of guanidine groups is 1. The molecule has 102 valence electrons. The minimum Gasteiger partial charge on any atom is -0.370 e. The first-order chi connectivity index (χ1) is 9.22. The van der Waals surface area contributed by atoms with Gasteiger partial charge in [0.15, 0.2) is 5.96 Å². The van der Waals surface area contributed by atoms with Crippen molar-refractivity contribution in [3.63, 3.8) is 0 Å². The van der Waals surface area contributed by atoms with Crippen molar-refractivity contribution in [2.24, 2.45) is 10.7 Å². The lowest BCUT2D eigenvalue weighted by atomic mass is 10.3. The van der Waals surface area contributed by atoms with E-state index in [-0.39, 0.29) is 0 Å². The van der Waals surface area contributed by atoms with E-state index in [1.807, 2.05) is 32.0 Å². The molecule has 1 aromatic carbocycles. The lowest BCUT2D eigenvalue weighted by Gasteiger charge is -2.06. The van der Waals surface area contributed by atoms with Crippen LogP contribution in [0.25, 0.3) is 11.0 Å². The van der Waals surface area contributed by atoms with E-state index in [1.165, 1.54) is 5.52 Å². The van der Waals surface area contributed by atoms with Gasteiger partial charge in [-0.1, -0.05) is 12.1 Å². The van der Waals surface area contributed by atoms with Crippen LogP contribution >= 0.6 is 0 Å². The molecular formula is C14H21N5. The topological polar surface area (TPSA) is 68.2 Å². The summed E-state index contributed by atoms with van der Waals surface area (Å²) in [6.07, 6.45) is 0.952. The molecule has 0 spiro atoms. The maximum absolute atomic E-state index is 5.68. The Hall–Kier alpha value is -2.04. The van der Waals surface area contributed by atoms with Crippen LogP contribution < -0.4 is 11.1 Å². The summed E-state index contributed by atoms with van der Waals surface area (Å²) in [6.45, 7) is 6.49. The van der Waals surface area contributed by atoms with Gasteiger partial charge in [-0.25, -0.2) is 4.98 Å². The van der Waals surface area contributed by atoms with Gasteiger partial charge in [0.2, 0.25) is 0 Å². The smallest absolute Gasteiger partial charge is 0.188 e. The number of hydrogen-bond donors (Lipinski definition) is 2. The van der Waals surface area contributed by atoms with Gasteiger partial charge < -0.3 is 15.6 Å². The van der Waals surface area contributed by atoms with Gasteiger partial charge in [0, 0.05) is 19.6 Å². The van der Waals surface area contributed by atoms with Crippen molar-refractivity contribution in [1.82, 2.24) is 14.9 Å². The Balaban J connectivity index is 1.98. The van der Waals surface area contributed by atoms with E-state index in [0.29, 0.717) is 5.96 Å². The van der Waals surface area contributed by atoms with Gasteiger partial charge in [-0.15, -0.1) is 0 Å². The maximum Gasteiger partial charge on any atom is 0.188 e. The van der Waals surface area contributed by atoms with Crippen molar-refractivity contribution < 1.29 is 0 Å². The van der Waals surface area contributed by atoms with Gasteiger partial charge in [-0.05, 0) is 32.4 Å². The molecule has 0 aliphatic heterocycles. The maximum atomic E-state index is 5.68. The summed E-state index contributed by atoms with van der Waals surface area (Å²) in [7, 11) is 0. The molecule has 3 N–H and O–H groups in total. The molecule has 0 saturated carbocycles. The van der Waals surface area contributed by atoms with E-state index in [0.717, 1.165) is 37.4 Å². The van der Waals surface area contributed by atoms with Crippen LogP contribution in [-0.2, 0) is 6.54 Å². The highest BCUT2D eigenvalue weighted by Crippen LogP contribution is 2.15. The van der Waals surface area contributed by atoms with Crippen LogP contribution in [0.5, 0.6) is 0 Å². The average Bonchev–Trinajstić information content (AvgIpc) is 2.71. The van der Waals surface area contributed by atoms with Gasteiger partial charge in [0.25, 0.3) is 0 Å². The number of benzene rings is 1. The molecule has 2 rings (SSSR count). The number of nitrogens with zero attached hydrogens (tertiary/aromatic N) is 3. The molecule has 0 radical (unpaired) electrons. The molecule has 2 aromatic rings. The standard InChI is InChI=1S/C14H21N5/c1-3-16-14(15)17-9-6-10-19-11(2)18-12-7-4-5-8-13(12)19/h4-5,7-8H,3,6,9-10H2,1-2H3,(H3,15,16,17). The summed E-state index contributed by atoms with van der Waals surface area (Å²) in [5.74, 6) is 1.57. The monoisotopic (exact) mass is 259 g/mol. The number of imidazole rings is 1. The Labute approximate surface area is 113 Å². The van der Waals surface area contributed by atoms with Crippen LogP contribution in [0.2, 0.25) is 0 Å². The second kappa shape index (κ2) is 6.22. The zero-order valence-electron chi connectivity index (χ0n) is 11.6. The number of aliphatic imine (C=N–C) groups is 1. The summed E-state index contributed by atoms with van der Waals surface area (Å²) >= 11 is 0. The Kier molecular flexibility index (Phi) is 4.39. The zero-order valence-corrected chi connectivity index (χ0v) is 11.6. The van der Waals surface area contributed by atoms with Crippen LogP contribution in [0.3, 0.4) is 0 Å². The zero-order chi connectivity index (χ0) is 13.7. The van der Waals surface area contributed by atoms with E-state index < -0.39 is 0 Å². The first-order valence-electron chi connectivity index (χ1n) is 6.68. The number of rotatable bonds is 5. The summed E-state index contributed by atoms with van der Waals surface area (Å²) in [5, 5.41) is 2.99. The molecule has 0 fully saturated rings. The van der Waals surface area contributed by atoms with Gasteiger partial charge in [0.05, 0.1) is 11.0 Å². The number of aryl methyl sites for hydroxylation is 2. The highest BCUT2D eigenvalue weighted by molar-refractivity contribution is 5.77. The van der Waals surface area contributed by atoms with Crippen molar-refractivity contribution in [3.05, 3.63) is 30.1 Å². The van der Waals surface area contributed by atoms with E-state index in [9.17, 15) is 0 Å². The molecule has 5 nitrogen and oxygen atoms in total. The Bertz CT molecular complexity index is 570. The lowest BCUT2D eigenvalue weighted by molar-refractivity contribution is 0.648. The predicted molar refractivity (Wildman–Crippen MR) is 79.3 cm³/mol. The molecule has 19 heavy (non-hydrogen) atoms. The fourth-order valence-corrected chi connectivity index (χ4v) is 2.14. The quantitative estimate of drug-likeness (QED) is 0.487. The van der Waals surface area contributed by atoms with Gasteiger partial charge in [0.1, 0.15) is 5.82 Å². The van der Waals surface area contributed by atoms with Crippen molar-refractivity contribution in [2.45, 2.75) is 26.8 Å². The van der Waals surface area contributed by atoms with Crippen molar-refractivity contribution in [1.29, 1.82) is 0 Å². The number of nitrogens with one attached hydrogen (secondary N) is 1. The number of fused-ring (bicyclic) bond motifs is 1. The number of para-hydroxylation sites is 2. The molecule has 0 saturated heterocycles. The highest BCUT2D eigenvalue weighted by atomic mass is 15.1. The molecule has 0 amide bonds. The molecule has 1 heterocycles. The molecule has 0 bridgehead atoms. The van der Waals surface area contributed by atoms with Gasteiger partial charge in [-0.2, -0.15) is 0 Å². The molecule has 0 unspecified atom stereocenters. The number of hydrogen-bond acceptors (Lipinski definition) is 2. The predicted octanol–water partition coefficient (Wildman–Crippen LogP) is 1.66. The first kappa shape index (κ1) is 13.4. The second-order valence-corrected chi connectivity index (χ2v) is 4.45. The fraction of sp³-hybridized carbons (Fsp3) is 0.429. The van der Waals surface area contributed by atoms with Crippen LogP contribution in [0.4, 0.5) is 0 Å². The average molecular weight is 259 g/mol. The van der Waals surface area contributed by atoms with Gasteiger partial charge in [-0.3, -0.25) is 4.99 Å². The summed E-state index contributed by atoms with van der Waals surface area (Å²) in [4.78, 5) is 8.82. The van der Waals surface area contributed by atoms with Crippen molar-refractivity contribution in [2.75, 3.05) is 13.1 Å². The summed E-state index contributed by atoms with van der Waals surface area (Å²) < 4.78 is 2.23. The fourth-order valence-electron chi connectivity index (χ4n) is 2.14. The second-order valence-electron chi connectivity index (χ2n) is 4.45. The SMILES string of the molecule is CCNC(N)=NCCCn1c(C)nc2ccccc21. The summed E-state index contributed by atoms with van der Waals surface area (Å²) in [6, 6.07) is 8.20. The van der Waals surface area contributed by atoms with Crippen LogP contribution in [0.15, 0.2) is 29.3 Å². The first-order valence-corrected chi connectivity index (χ1v) is 6.68. The Morgan fingerprint density at radius 1 is 1.42 bits per heavy atom. The molecule has 0 aliphatic rings. The molecule has 1 aromatic heterocycles. The molecule has 0 aliphatic carbocycles. The van der Waals surface area contributed by atoms with Crippen molar-refractivity contribution >= 4 is 17.0 Å². The third kappa shape index (κ3) is 3.24. The van der Waals surface area contributed by atoms with E-state index in [2.05, 4.69) is 25.9 Å². The van der Waals surface area contributed by atoms with Crippen molar-refractivity contribution in [3.8, 4) is 0 Å². The Morgan fingerprint density at radius 2 is 2.21 bits per heavy atom. The molecule has 5 heteroatoms. The van der Waals surface area contributed by atoms with E-state index >= 15 is 0 Å². The normalized spacial score (nSPS) is 12.0. The van der Waals surface area contributed by atoms with Gasteiger partial charge >= 0.3 is 0 Å². The minimum atomic E-state index is 0.523.